The van der Waals surface area contributed by atoms with Gasteiger partial charge in [0.1, 0.15) is 5.52 Å². The Balaban J connectivity index is 1.51. The number of benzene rings is 4. The monoisotopic (exact) mass is 490 g/mol. The molecule has 1 aromatic heterocycles. The van der Waals surface area contributed by atoms with Crippen LogP contribution in [0.15, 0.2) is 81.7 Å². The van der Waals surface area contributed by atoms with Gasteiger partial charge in [0, 0.05) is 15.6 Å². The molecule has 152 valence electrons. The van der Waals surface area contributed by atoms with Crippen LogP contribution in [-0.4, -0.2) is 10.9 Å². The summed E-state index contributed by atoms with van der Waals surface area (Å²) >= 11 is 9.93. The number of halogens is 2. The van der Waals surface area contributed by atoms with Gasteiger partial charge in [-0.05, 0) is 65.7 Å². The number of hydrogen-bond donors (Lipinski definition) is 1. The lowest BCUT2D eigenvalue weighted by atomic mass is 10.0. The van der Waals surface area contributed by atoms with Gasteiger partial charge in [-0.2, -0.15) is 0 Å². The van der Waals surface area contributed by atoms with Crippen molar-refractivity contribution < 1.29 is 9.21 Å². The number of nitrogens with one attached hydrogen (secondary N) is 1. The number of fused-ring (bicyclic) bond motifs is 2. The zero-order valence-electron chi connectivity index (χ0n) is 16.4. The highest BCUT2D eigenvalue weighted by Gasteiger charge is 2.15. The number of amides is 1. The minimum absolute atomic E-state index is 0.240. The molecule has 0 aliphatic rings. The molecule has 0 unspecified atom stereocenters. The van der Waals surface area contributed by atoms with E-state index < -0.39 is 0 Å². The predicted molar refractivity (Wildman–Crippen MR) is 129 cm³/mol. The summed E-state index contributed by atoms with van der Waals surface area (Å²) in [5.74, 6) is 0.234. The number of nitrogens with zero attached hydrogens (tertiary/aromatic N) is 1. The molecule has 1 heterocycles. The van der Waals surface area contributed by atoms with E-state index in [9.17, 15) is 4.79 Å². The lowest BCUT2D eigenvalue weighted by Gasteiger charge is -2.11. The molecule has 5 rings (SSSR count). The Hall–Kier alpha value is -3.15. The minimum Gasteiger partial charge on any atom is -0.436 e. The van der Waals surface area contributed by atoms with Crippen molar-refractivity contribution in [3.05, 3.63) is 93.4 Å². The highest BCUT2D eigenvalue weighted by molar-refractivity contribution is 9.10. The maximum atomic E-state index is 13.1. The Morgan fingerprint density at radius 1 is 1.00 bits per heavy atom. The Bertz CT molecular complexity index is 1480. The summed E-state index contributed by atoms with van der Waals surface area (Å²) in [7, 11) is 0. The zero-order chi connectivity index (χ0) is 21.5. The molecule has 4 aromatic carbocycles. The fourth-order valence-electron chi connectivity index (χ4n) is 3.57. The fourth-order valence-corrected chi connectivity index (χ4v) is 4.24. The zero-order valence-corrected chi connectivity index (χ0v) is 18.8. The molecule has 0 spiro atoms. The molecule has 0 aliphatic carbocycles. The maximum Gasteiger partial charge on any atom is 0.256 e. The van der Waals surface area contributed by atoms with Crippen LogP contribution in [0.2, 0.25) is 5.02 Å². The van der Waals surface area contributed by atoms with E-state index in [1.54, 1.807) is 18.2 Å². The van der Waals surface area contributed by atoms with Gasteiger partial charge in [0.25, 0.3) is 5.91 Å². The smallest absolute Gasteiger partial charge is 0.256 e. The van der Waals surface area contributed by atoms with Crippen molar-refractivity contribution in [2.45, 2.75) is 6.92 Å². The van der Waals surface area contributed by atoms with Crippen LogP contribution in [0.4, 0.5) is 5.69 Å². The van der Waals surface area contributed by atoms with Gasteiger partial charge in [-0.25, -0.2) is 4.98 Å². The SMILES string of the molecule is Cc1ccc2oc(-c3ccc(Cl)c(NC(=O)c4cccc5c(Br)cccc45)c3)nc2c1. The second kappa shape index (κ2) is 7.84. The molecule has 0 bridgehead atoms. The van der Waals surface area contributed by atoms with Crippen molar-refractivity contribution >= 4 is 61.0 Å². The third-order valence-corrected chi connectivity index (χ3v) is 6.14. The molecular formula is C25H16BrClN2O2. The number of anilines is 1. The first-order valence-corrected chi connectivity index (χ1v) is 10.8. The summed E-state index contributed by atoms with van der Waals surface area (Å²) in [6.07, 6.45) is 0. The van der Waals surface area contributed by atoms with E-state index in [1.165, 1.54) is 0 Å². The number of oxazole rings is 1. The topological polar surface area (TPSA) is 55.1 Å². The number of rotatable bonds is 3. The molecule has 0 aliphatic heterocycles. The Labute approximate surface area is 192 Å². The molecule has 0 saturated heterocycles. The van der Waals surface area contributed by atoms with Crippen molar-refractivity contribution in [1.82, 2.24) is 4.98 Å². The van der Waals surface area contributed by atoms with E-state index >= 15 is 0 Å². The second-order valence-electron chi connectivity index (χ2n) is 7.28. The summed E-state index contributed by atoms with van der Waals surface area (Å²) in [6.45, 7) is 2.01. The van der Waals surface area contributed by atoms with Crippen LogP contribution in [0.3, 0.4) is 0 Å². The fraction of sp³-hybridized carbons (Fsp3) is 0.0400. The molecule has 5 aromatic rings. The summed E-state index contributed by atoms with van der Waals surface area (Å²) in [6, 6.07) is 22.6. The number of carbonyl (C=O) groups excluding carboxylic acids is 1. The van der Waals surface area contributed by atoms with Gasteiger partial charge < -0.3 is 9.73 Å². The lowest BCUT2D eigenvalue weighted by Crippen LogP contribution is -2.12. The van der Waals surface area contributed by atoms with Crippen molar-refractivity contribution in [2.24, 2.45) is 0 Å². The van der Waals surface area contributed by atoms with Gasteiger partial charge in [-0.1, -0.05) is 57.9 Å². The van der Waals surface area contributed by atoms with E-state index in [2.05, 4.69) is 26.2 Å². The Morgan fingerprint density at radius 3 is 2.68 bits per heavy atom. The van der Waals surface area contributed by atoms with Crippen molar-refractivity contribution in [2.75, 3.05) is 5.32 Å². The van der Waals surface area contributed by atoms with Crippen LogP contribution in [0.25, 0.3) is 33.3 Å². The van der Waals surface area contributed by atoms with Crippen LogP contribution in [-0.2, 0) is 0 Å². The minimum atomic E-state index is -0.240. The van der Waals surface area contributed by atoms with Gasteiger partial charge in [0.15, 0.2) is 5.58 Å². The summed E-state index contributed by atoms with van der Waals surface area (Å²) in [5, 5.41) is 5.20. The van der Waals surface area contributed by atoms with Gasteiger partial charge in [-0.3, -0.25) is 4.79 Å². The first kappa shape index (κ1) is 19.8. The van der Waals surface area contributed by atoms with E-state index in [4.69, 9.17) is 16.0 Å². The number of aromatic nitrogens is 1. The number of carbonyl (C=O) groups is 1. The first-order valence-electron chi connectivity index (χ1n) is 9.65. The Morgan fingerprint density at radius 2 is 1.81 bits per heavy atom. The van der Waals surface area contributed by atoms with E-state index in [0.717, 1.165) is 31.9 Å². The molecule has 31 heavy (non-hydrogen) atoms. The number of hydrogen-bond acceptors (Lipinski definition) is 3. The van der Waals surface area contributed by atoms with E-state index in [0.29, 0.717) is 27.7 Å². The summed E-state index contributed by atoms with van der Waals surface area (Å²) in [5.41, 5.74) is 4.40. The highest BCUT2D eigenvalue weighted by atomic mass is 79.9. The van der Waals surface area contributed by atoms with Crippen molar-refractivity contribution in [3.8, 4) is 11.5 Å². The third-order valence-electron chi connectivity index (χ3n) is 5.12. The first-order chi connectivity index (χ1) is 15.0. The molecule has 0 saturated carbocycles. The second-order valence-corrected chi connectivity index (χ2v) is 8.54. The van der Waals surface area contributed by atoms with Gasteiger partial charge >= 0.3 is 0 Å². The maximum absolute atomic E-state index is 13.1. The third kappa shape index (κ3) is 3.71. The lowest BCUT2D eigenvalue weighted by molar-refractivity contribution is 0.102. The van der Waals surface area contributed by atoms with Gasteiger partial charge in [0.2, 0.25) is 5.89 Å². The van der Waals surface area contributed by atoms with Crippen molar-refractivity contribution in [3.63, 3.8) is 0 Å². The average Bonchev–Trinajstić information content (AvgIpc) is 3.18. The largest absolute Gasteiger partial charge is 0.436 e. The molecule has 1 amide bonds. The van der Waals surface area contributed by atoms with E-state index in [-0.39, 0.29) is 5.91 Å². The molecule has 0 fully saturated rings. The van der Waals surface area contributed by atoms with Crippen LogP contribution >= 0.6 is 27.5 Å². The normalized spacial score (nSPS) is 11.2. The van der Waals surface area contributed by atoms with Crippen molar-refractivity contribution in [1.29, 1.82) is 0 Å². The van der Waals surface area contributed by atoms with E-state index in [1.807, 2.05) is 61.5 Å². The average molecular weight is 492 g/mol. The molecule has 0 radical (unpaired) electrons. The summed E-state index contributed by atoms with van der Waals surface area (Å²) in [4.78, 5) is 17.7. The Kier molecular flexibility index (Phi) is 5.00. The predicted octanol–water partition coefficient (Wildman–Crippen LogP) is 7.62. The van der Waals surface area contributed by atoms with Gasteiger partial charge in [-0.15, -0.1) is 0 Å². The molecule has 1 N–H and O–H groups in total. The quantitative estimate of drug-likeness (QED) is 0.282. The van der Waals surface area contributed by atoms with Crippen LogP contribution in [0, 0.1) is 6.92 Å². The highest BCUT2D eigenvalue weighted by Crippen LogP contribution is 2.32. The van der Waals surface area contributed by atoms with Crippen LogP contribution in [0.5, 0.6) is 0 Å². The molecule has 6 heteroatoms. The summed E-state index contributed by atoms with van der Waals surface area (Å²) < 4.78 is 6.83. The standard InChI is InChI=1S/C25H16BrClN2O2/c1-14-8-11-23-22(12-14)29-25(31-23)15-9-10-20(27)21(13-15)28-24(30)18-6-2-5-17-16(18)4-3-7-19(17)26/h2-13H,1H3,(H,28,30). The molecule has 4 nitrogen and oxygen atoms in total. The number of aryl methyl sites for hydroxylation is 1. The molecule has 0 atom stereocenters. The molecular weight excluding hydrogens is 476 g/mol. The van der Waals surface area contributed by atoms with Gasteiger partial charge in [0.05, 0.1) is 10.7 Å². The van der Waals surface area contributed by atoms with Crippen LogP contribution in [0.1, 0.15) is 15.9 Å². The van der Waals surface area contributed by atoms with Crippen LogP contribution < -0.4 is 5.32 Å².